The van der Waals surface area contributed by atoms with E-state index in [1.807, 2.05) is 40.9 Å². The van der Waals surface area contributed by atoms with Crippen molar-refractivity contribution in [3.05, 3.63) is 102 Å². The van der Waals surface area contributed by atoms with Crippen LogP contribution in [0.2, 0.25) is 0 Å². The summed E-state index contributed by atoms with van der Waals surface area (Å²) in [5.74, 6) is 0.257. The summed E-state index contributed by atoms with van der Waals surface area (Å²) in [7, 11) is 0. The van der Waals surface area contributed by atoms with Gasteiger partial charge in [0.25, 0.3) is 0 Å². The zero-order valence-corrected chi connectivity index (χ0v) is 19.3. The van der Waals surface area contributed by atoms with Crippen LogP contribution in [0.25, 0.3) is 0 Å². The minimum Gasteiger partial charge on any atom is -0.373 e. The highest BCUT2D eigenvalue weighted by molar-refractivity contribution is 7.99. The van der Waals surface area contributed by atoms with Crippen molar-refractivity contribution in [1.29, 1.82) is 0 Å². The van der Waals surface area contributed by atoms with Crippen molar-refractivity contribution in [3.8, 4) is 0 Å². The van der Waals surface area contributed by atoms with Gasteiger partial charge in [-0.2, -0.15) is 0 Å². The normalized spacial score (nSPS) is 17.7. The summed E-state index contributed by atoms with van der Waals surface area (Å²) in [5.41, 5.74) is 2.50. The summed E-state index contributed by atoms with van der Waals surface area (Å²) >= 11 is 1.88. The molecule has 4 rings (SSSR count). The van der Waals surface area contributed by atoms with Gasteiger partial charge in [0.15, 0.2) is 0 Å². The van der Waals surface area contributed by atoms with Crippen LogP contribution in [0.1, 0.15) is 42.1 Å². The Hall–Kier alpha value is -2.56. The first-order valence-corrected chi connectivity index (χ1v) is 12.4. The van der Waals surface area contributed by atoms with Crippen LogP contribution >= 0.6 is 11.8 Å². The molecule has 0 radical (unpaired) electrons. The highest BCUT2D eigenvalue weighted by Crippen LogP contribution is 2.38. The van der Waals surface area contributed by atoms with Crippen molar-refractivity contribution in [1.82, 2.24) is 4.90 Å². The number of hydrogen-bond donors (Lipinski definition) is 0. The second-order valence-electron chi connectivity index (χ2n) is 8.25. The highest BCUT2D eigenvalue weighted by Gasteiger charge is 2.24. The summed E-state index contributed by atoms with van der Waals surface area (Å²) in [5, 5.41) is 0.319. The predicted molar refractivity (Wildman–Crippen MR) is 132 cm³/mol. The standard InChI is InChI=1S/C28H31NO2S/c30-28-17-16-25(31-22-23-10-4-1-5-11-23)18-20-29(28)21-19-27(24-12-6-2-7-13-24)32-26-14-8-3-9-15-26/h1-15,25,27H,16-22H2/t25?,27-/m1/s1. The molecule has 1 amide bonds. The average molecular weight is 446 g/mol. The van der Waals surface area contributed by atoms with E-state index in [0.717, 1.165) is 32.4 Å². The molecule has 32 heavy (non-hydrogen) atoms. The first kappa shape index (κ1) is 22.6. The SMILES string of the molecule is O=C1CCC(OCc2ccccc2)CCN1CC[C@@H](Sc1ccccc1)c1ccccc1. The first-order chi connectivity index (χ1) is 15.8. The molecule has 1 aliphatic rings. The molecule has 1 fully saturated rings. The third-order valence-electron chi connectivity index (χ3n) is 5.94. The van der Waals surface area contributed by atoms with E-state index in [1.54, 1.807) is 0 Å². The lowest BCUT2D eigenvalue weighted by atomic mass is 10.1. The van der Waals surface area contributed by atoms with Gasteiger partial charge in [0, 0.05) is 29.7 Å². The molecule has 0 aromatic heterocycles. The van der Waals surface area contributed by atoms with Gasteiger partial charge in [-0.3, -0.25) is 4.79 Å². The fourth-order valence-electron chi connectivity index (χ4n) is 4.10. The highest BCUT2D eigenvalue weighted by atomic mass is 32.2. The van der Waals surface area contributed by atoms with Gasteiger partial charge < -0.3 is 9.64 Å². The molecular formula is C28H31NO2S. The molecule has 4 heteroatoms. The lowest BCUT2D eigenvalue weighted by molar-refractivity contribution is -0.130. The van der Waals surface area contributed by atoms with Crippen molar-refractivity contribution in [2.24, 2.45) is 0 Å². The Kier molecular flexibility index (Phi) is 8.41. The van der Waals surface area contributed by atoms with Crippen LogP contribution in [0.3, 0.4) is 0 Å². The van der Waals surface area contributed by atoms with E-state index in [2.05, 4.69) is 66.7 Å². The molecule has 0 bridgehead atoms. The van der Waals surface area contributed by atoms with E-state index in [1.165, 1.54) is 16.0 Å². The minimum atomic E-state index is 0.146. The number of amides is 1. The maximum absolute atomic E-state index is 12.8. The number of hydrogen-bond acceptors (Lipinski definition) is 3. The number of ether oxygens (including phenoxy) is 1. The van der Waals surface area contributed by atoms with Gasteiger partial charge in [-0.15, -0.1) is 11.8 Å². The van der Waals surface area contributed by atoms with Crippen molar-refractivity contribution >= 4 is 17.7 Å². The molecule has 0 aliphatic carbocycles. The van der Waals surface area contributed by atoms with Gasteiger partial charge in [-0.25, -0.2) is 0 Å². The van der Waals surface area contributed by atoms with E-state index in [-0.39, 0.29) is 12.0 Å². The second-order valence-corrected chi connectivity index (χ2v) is 9.52. The summed E-state index contributed by atoms with van der Waals surface area (Å²) in [4.78, 5) is 16.1. The number of rotatable bonds is 9. The number of thioether (sulfide) groups is 1. The molecule has 1 aliphatic heterocycles. The van der Waals surface area contributed by atoms with Crippen molar-refractivity contribution in [2.45, 2.75) is 48.5 Å². The van der Waals surface area contributed by atoms with E-state index >= 15 is 0 Å². The van der Waals surface area contributed by atoms with Crippen LogP contribution in [-0.4, -0.2) is 30.0 Å². The van der Waals surface area contributed by atoms with Crippen molar-refractivity contribution in [2.75, 3.05) is 13.1 Å². The van der Waals surface area contributed by atoms with E-state index in [4.69, 9.17) is 4.74 Å². The number of likely N-dealkylation sites (tertiary alicyclic amines) is 1. The molecule has 3 aromatic rings. The van der Waals surface area contributed by atoms with Gasteiger partial charge in [-0.05, 0) is 42.5 Å². The summed E-state index contributed by atoms with van der Waals surface area (Å²) in [6.45, 7) is 2.17. The molecule has 166 valence electrons. The molecule has 0 spiro atoms. The fourth-order valence-corrected chi connectivity index (χ4v) is 5.26. The fraction of sp³-hybridized carbons (Fsp3) is 0.321. The molecule has 2 atom stereocenters. The van der Waals surface area contributed by atoms with Crippen molar-refractivity contribution < 1.29 is 9.53 Å². The monoisotopic (exact) mass is 445 g/mol. The topological polar surface area (TPSA) is 29.5 Å². The Morgan fingerprint density at radius 3 is 2.25 bits per heavy atom. The average Bonchev–Trinajstić information content (AvgIpc) is 3.03. The molecule has 1 saturated heterocycles. The number of carbonyl (C=O) groups excluding carboxylic acids is 1. The zero-order valence-electron chi connectivity index (χ0n) is 18.4. The Balaban J connectivity index is 1.33. The summed E-state index contributed by atoms with van der Waals surface area (Å²) in [6.07, 6.45) is 3.36. The van der Waals surface area contributed by atoms with E-state index in [0.29, 0.717) is 18.3 Å². The molecular weight excluding hydrogens is 414 g/mol. The number of carbonyl (C=O) groups is 1. The molecule has 3 aromatic carbocycles. The van der Waals surface area contributed by atoms with Gasteiger partial charge in [0.05, 0.1) is 12.7 Å². The molecule has 0 N–H and O–H groups in total. The van der Waals surface area contributed by atoms with Gasteiger partial charge in [0.2, 0.25) is 5.91 Å². The smallest absolute Gasteiger partial charge is 0.222 e. The Bertz CT molecular complexity index is 949. The first-order valence-electron chi connectivity index (χ1n) is 11.5. The molecule has 1 heterocycles. The molecule has 3 nitrogen and oxygen atoms in total. The van der Waals surface area contributed by atoms with Crippen LogP contribution < -0.4 is 0 Å². The third-order valence-corrected chi connectivity index (χ3v) is 7.27. The summed E-state index contributed by atoms with van der Waals surface area (Å²) in [6, 6.07) is 31.4. The van der Waals surface area contributed by atoms with Crippen molar-refractivity contribution in [3.63, 3.8) is 0 Å². The summed E-state index contributed by atoms with van der Waals surface area (Å²) < 4.78 is 6.14. The Morgan fingerprint density at radius 2 is 1.53 bits per heavy atom. The quantitative estimate of drug-likeness (QED) is 0.352. The third kappa shape index (κ3) is 6.72. The van der Waals surface area contributed by atoms with Crippen LogP contribution in [0.5, 0.6) is 0 Å². The van der Waals surface area contributed by atoms with Crippen LogP contribution in [0.4, 0.5) is 0 Å². The van der Waals surface area contributed by atoms with Gasteiger partial charge in [-0.1, -0.05) is 78.9 Å². The van der Waals surface area contributed by atoms with Gasteiger partial charge >= 0.3 is 0 Å². The molecule has 1 unspecified atom stereocenters. The van der Waals surface area contributed by atoms with E-state index in [9.17, 15) is 4.79 Å². The maximum Gasteiger partial charge on any atom is 0.222 e. The van der Waals surface area contributed by atoms with Gasteiger partial charge in [0.1, 0.15) is 0 Å². The predicted octanol–water partition coefficient (Wildman–Crippen LogP) is 6.51. The molecule has 0 saturated carbocycles. The van der Waals surface area contributed by atoms with Crippen LogP contribution in [0.15, 0.2) is 95.9 Å². The van der Waals surface area contributed by atoms with E-state index < -0.39 is 0 Å². The van der Waals surface area contributed by atoms with Crippen LogP contribution in [-0.2, 0) is 16.1 Å². The zero-order chi connectivity index (χ0) is 22.0. The minimum absolute atomic E-state index is 0.146. The lowest BCUT2D eigenvalue weighted by Gasteiger charge is -2.24. The Morgan fingerprint density at radius 1 is 0.875 bits per heavy atom. The lowest BCUT2D eigenvalue weighted by Crippen LogP contribution is -2.32. The largest absolute Gasteiger partial charge is 0.373 e. The second kappa shape index (κ2) is 11.9. The Labute approximate surface area is 195 Å². The number of benzene rings is 3. The number of nitrogens with zero attached hydrogens (tertiary/aromatic N) is 1. The van der Waals surface area contributed by atoms with Crippen LogP contribution in [0, 0.1) is 0 Å². The maximum atomic E-state index is 12.8.